The van der Waals surface area contributed by atoms with Crippen molar-refractivity contribution >= 4 is 17.7 Å². The Bertz CT molecular complexity index is 1500. The largest absolute Gasteiger partial charge is 0.269 e. The molecule has 0 saturated heterocycles. The molecule has 174 valence electrons. The Morgan fingerprint density at radius 2 is 1.19 bits per heavy atom. The number of hydrogen-bond donors (Lipinski definition) is 1. The van der Waals surface area contributed by atoms with Crippen molar-refractivity contribution in [3.05, 3.63) is 131 Å². The third kappa shape index (κ3) is 4.85. The summed E-state index contributed by atoms with van der Waals surface area (Å²) in [4.78, 5) is 10.5. The number of nitrogens with one attached hydrogen (secondary N) is 1. The molecule has 5 aromatic rings. The van der Waals surface area contributed by atoms with Crippen LogP contribution in [-0.4, -0.2) is 21.3 Å². The second kappa shape index (κ2) is 10.4. The minimum Gasteiger partial charge on any atom is -0.259 e. The molecule has 1 N–H and O–H groups in total. The predicted molar refractivity (Wildman–Crippen MR) is 143 cm³/mol. The van der Waals surface area contributed by atoms with Gasteiger partial charge in [0.1, 0.15) is 5.69 Å². The van der Waals surface area contributed by atoms with E-state index < -0.39 is 4.92 Å². The van der Waals surface area contributed by atoms with Crippen molar-refractivity contribution in [1.29, 1.82) is 0 Å². The first-order chi connectivity index (χ1) is 17.7. The van der Waals surface area contributed by atoms with Crippen LogP contribution in [0.4, 0.5) is 11.5 Å². The molecule has 0 radical (unpaired) electrons. The molecule has 0 amide bonds. The van der Waals surface area contributed by atoms with Crippen molar-refractivity contribution in [3.63, 3.8) is 0 Å². The lowest BCUT2D eigenvalue weighted by molar-refractivity contribution is -0.384. The normalized spacial score (nSPS) is 10.9. The Kier molecular flexibility index (Phi) is 6.53. The SMILES string of the molecule is O=[N+]([O-])c1ccc(/C=N\Nc2nnc(-c3ccccc3)c(-c3ccccc3)c2-c2ccccc2)cc1. The van der Waals surface area contributed by atoms with E-state index in [4.69, 9.17) is 0 Å². The average Bonchev–Trinajstić information content (AvgIpc) is 2.94. The summed E-state index contributed by atoms with van der Waals surface area (Å²) >= 11 is 0. The van der Waals surface area contributed by atoms with Crippen molar-refractivity contribution in [1.82, 2.24) is 10.2 Å². The van der Waals surface area contributed by atoms with Gasteiger partial charge in [-0.15, -0.1) is 10.2 Å². The van der Waals surface area contributed by atoms with Crippen LogP contribution in [0.25, 0.3) is 33.5 Å². The fourth-order valence-electron chi connectivity index (χ4n) is 3.93. The molecule has 7 nitrogen and oxygen atoms in total. The maximum Gasteiger partial charge on any atom is 0.269 e. The van der Waals surface area contributed by atoms with Gasteiger partial charge in [-0.25, -0.2) is 0 Å². The lowest BCUT2D eigenvalue weighted by atomic mass is 9.91. The molecule has 0 aliphatic carbocycles. The van der Waals surface area contributed by atoms with Crippen LogP contribution in [-0.2, 0) is 0 Å². The van der Waals surface area contributed by atoms with E-state index in [1.165, 1.54) is 12.1 Å². The van der Waals surface area contributed by atoms with Crippen LogP contribution in [0.2, 0.25) is 0 Å². The first-order valence-electron chi connectivity index (χ1n) is 11.3. The Balaban J connectivity index is 1.63. The molecule has 0 saturated carbocycles. The molecule has 36 heavy (non-hydrogen) atoms. The molecular formula is C29H21N5O2. The quantitative estimate of drug-likeness (QED) is 0.159. The fraction of sp³-hybridized carbons (Fsp3) is 0. The smallest absolute Gasteiger partial charge is 0.259 e. The summed E-state index contributed by atoms with van der Waals surface area (Å²) in [6, 6.07) is 36.2. The van der Waals surface area contributed by atoms with Crippen LogP contribution < -0.4 is 5.43 Å². The number of benzene rings is 4. The fourth-order valence-corrected chi connectivity index (χ4v) is 3.93. The molecule has 1 aromatic heterocycles. The molecule has 0 aliphatic rings. The zero-order chi connectivity index (χ0) is 24.7. The summed E-state index contributed by atoms with van der Waals surface area (Å²) in [5.74, 6) is 0.498. The number of nitro groups is 1. The highest BCUT2D eigenvalue weighted by atomic mass is 16.6. The van der Waals surface area contributed by atoms with E-state index in [-0.39, 0.29) is 5.69 Å². The lowest BCUT2D eigenvalue weighted by Gasteiger charge is -2.17. The van der Waals surface area contributed by atoms with Crippen molar-refractivity contribution in [2.24, 2.45) is 5.10 Å². The number of non-ortho nitro benzene ring substituents is 1. The zero-order valence-corrected chi connectivity index (χ0v) is 19.2. The van der Waals surface area contributed by atoms with Gasteiger partial charge in [-0.05, 0) is 28.8 Å². The Hall–Kier alpha value is -5.17. The number of hydrogen-bond acceptors (Lipinski definition) is 6. The van der Waals surface area contributed by atoms with Gasteiger partial charge in [0.25, 0.3) is 5.69 Å². The van der Waals surface area contributed by atoms with Gasteiger partial charge < -0.3 is 0 Å². The third-order valence-electron chi connectivity index (χ3n) is 5.63. The van der Waals surface area contributed by atoms with Gasteiger partial charge in [0.15, 0.2) is 5.82 Å². The van der Waals surface area contributed by atoms with Gasteiger partial charge in [0.05, 0.1) is 11.1 Å². The molecule has 0 bridgehead atoms. The first kappa shape index (κ1) is 22.6. The summed E-state index contributed by atoms with van der Waals surface area (Å²) in [6.07, 6.45) is 1.59. The maximum atomic E-state index is 10.9. The van der Waals surface area contributed by atoms with E-state index in [0.717, 1.165) is 33.5 Å². The van der Waals surface area contributed by atoms with Crippen LogP contribution in [0.1, 0.15) is 5.56 Å². The van der Waals surface area contributed by atoms with Gasteiger partial charge >= 0.3 is 0 Å². The molecular weight excluding hydrogens is 450 g/mol. The van der Waals surface area contributed by atoms with E-state index in [1.54, 1.807) is 18.3 Å². The topological polar surface area (TPSA) is 93.3 Å². The van der Waals surface area contributed by atoms with Gasteiger partial charge in [-0.3, -0.25) is 15.5 Å². The molecule has 7 heteroatoms. The van der Waals surface area contributed by atoms with Gasteiger partial charge in [-0.1, -0.05) is 91.0 Å². The molecule has 0 unspecified atom stereocenters. The second-order valence-electron chi connectivity index (χ2n) is 7.96. The third-order valence-corrected chi connectivity index (χ3v) is 5.63. The summed E-state index contributed by atoms with van der Waals surface area (Å²) in [5, 5.41) is 24.4. The summed E-state index contributed by atoms with van der Waals surface area (Å²) in [5.41, 5.74) is 9.31. The van der Waals surface area contributed by atoms with Gasteiger partial charge in [0.2, 0.25) is 0 Å². The Labute approximate surface area is 208 Å². The highest BCUT2D eigenvalue weighted by Crippen LogP contribution is 2.41. The van der Waals surface area contributed by atoms with Crippen LogP contribution in [0.3, 0.4) is 0 Å². The predicted octanol–water partition coefficient (Wildman–Crippen LogP) is 6.83. The minimum atomic E-state index is -0.430. The highest BCUT2D eigenvalue weighted by Gasteiger charge is 2.20. The van der Waals surface area contributed by atoms with Crippen LogP contribution >= 0.6 is 0 Å². The second-order valence-corrected chi connectivity index (χ2v) is 7.96. The molecule has 0 fully saturated rings. The van der Waals surface area contributed by atoms with Crippen LogP contribution in [0, 0.1) is 10.1 Å². The number of aromatic nitrogens is 2. The summed E-state index contributed by atoms with van der Waals surface area (Å²) < 4.78 is 0. The Morgan fingerprint density at radius 3 is 1.75 bits per heavy atom. The van der Waals surface area contributed by atoms with E-state index in [2.05, 4.69) is 32.9 Å². The standard InChI is InChI=1S/C29H21N5O2/c35-34(36)25-18-16-21(17-19-25)20-30-32-29-27(23-12-6-2-7-13-23)26(22-10-4-1-5-11-22)28(31-33-29)24-14-8-3-9-15-24/h1-20H,(H,32,33)/b30-20-. The summed E-state index contributed by atoms with van der Waals surface area (Å²) in [6.45, 7) is 0. The monoisotopic (exact) mass is 471 g/mol. The van der Waals surface area contributed by atoms with Crippen molar-refractivity contribution in [3.8, 4) is 33.5 Å². The van der Waals surface area contributed by atoms with Gasteiger partial charge in [0, 0.05) is 28.8 Å². The number of rotatable bonds is 7. The summed E-state index contributed by atoms with van der Waals surface area (Å²) in [7, 11) is 0. The number of nitro benzene ring substituents is 1. The number of hydrazone groups is 1. The van der Waals surface area contributed by atoms with Gasteiger partial charge in [-0.2, -0.15) is 5.10 Å². The van der Waals surface area contributed by atoms with E-state index in [0.29, 0.717) is 11.4 Å². The zero-order valence-electron chi connectivity index (χ0n) is 19.2. The molecule has 0 atom stereocenters. The van der Waals surface area contributed by atoms with Crippen LogP contribution in [0.15, 0.2) is 120 Å². The Morgan fingerprint density at radius 1 is 0.667 bits per heavy atom. The molecule has 5 rings (SSSR count). The lowest BCUT2D eigenvalue weighted by Crippen LogP contribution is -2.03. The van der Waals surface area contributed by atoms with E-state index in [9.17, 15) is 10.1 Å². The van der Waals surface area contributed by atoms with E-state index >= 15 is 0 Å². The minimum absolute atomic E-state index is 0.0290. The molecule has 1 heterocycles. The first-order valence-corrected chi connectivity index (χ1v) is 11.3. The molecule has 0 aliphatic heterocycles. The highest BCUT2D eigenvalue weighted by molar-refractivity contribution is 5.97. The molecule has 4 aromatic carbocycles. The van der Waals surface area contributed by atoms with Crippen molar-refractivity contribution < 1.29 is 4.92 Å². The number of anilines is 1. The van der Waals surface area contributed by atoms with Crippen molar-refractivity contribution in [2.75, 3.05) is 5.43 Å². The maximum absolute atomic E-state index is 10.9. The number of nitrogens with zero attached hydrogens (tertiary/aromatic N) is 4. The van der Waals surface area contributed by atoms with Crippen molar-refractivity contribution in [2.45, 2.75) is 0 Å². The average molecular weight is 472 g/mol. The molecule has 0 spiro atoms. The van der Waals surface area contributed by atoms with Crippen LogP contribution in [0.5, 0.6) is 0 Å². The van der Waals surface area contributed by atoms with E-state index in [1.807, 2.05) is 78.9 Å².